The number of hydrogen-bond donors (Lipinski definition) is 1. The molecule has 2 amide bonds. The molecule has 6 nitrogen and oxygen atoms in total. The van der Waals surface area contributed by atoms with Crippen LogP contribution in [-0.2, 0) is 16.1 Å². The Labute approximate surface area is 139 Å². The quantitative estimate of drug-likeness (QED) is 0.857. The second kappa shape index (κ2) is 7.50. The molecule has 0 unspecified atom stereocenters. The van der Waals surface area contributed by atoms with Gasteiger partial charge < -0.3 is 19.4 Å². The number of nitrogens with one attached hydrogen (secondary N) is 1. The van der Waals surface area contributed by atoms with Gasteiger partial charge in [-0.25, -0.2) is 4.79 Å². The average molecular weight is 326 g/mol. The van der Waals surface area contributed by atoms with E-state index in [2.05, 4.69) is 5.32 Å². The third-order valence-corrected chi connectivity index (χ3v) is 3.66. The van der Waals surface area contributed by atoms with Gasteiger partial charge in [0.05, 0.1) is 12.3 Å². The van der Waals surface area contributed by atoms with Gasteiger partial charge in [-0.3, -0.25) is 4.79 Å². The molecule has 3 rings (SSSR count). The molecular weight excluding hydrogens is 308 g/mol. The molecule has 1 aromatic heterocycles. The van der Waals surface area contributed by atoms with Gasteiger partial charge >= 0.3 is 6.09 Å². The number of furan rings is 1. The van der Waals surface area contributed by atoms with Crippen LogP contribution in [0.5, 0.6) is 0 Å². The van der Waals surface area contributed by atoms with E-state index < -0.39 is 6.09 Å². The summed E-state index contributed by atoms with van der Waals surface area (Å²) in [6, 6.07) is 12.9. The van der Waals surface area contributed by atoms with E-state index in [9.17, 15) is 9.59 Å². The van der Waals surface area contributed by atoms with Crippen molar-refractivity contribution in [2.45, 2.75) is 12.6 Å². The van der Waals surface area contributed by atoms with Crippen molar-refractivity contribution in [1.29, 1.82) is 0 Å². The lowest BCUT2D eigenvalue weighted by Crippen LogP contribution is -2.60. The van der Waals surface area contributed by atoms with E-state index in [0.29, 0.717) is 18.8 Å². The van der Waals surface area contributed by atoms with E-state index in [1.54, 1.807) is 29.4 Å². The van der Waals surface area contributed by atoms with Crippen LogP contribution in [0.4, 0.5) is 4.79 Å². The number of nitrogens with zero attached hydrogens (tertiary/aromatic N) is 1. The van der Waals surface area contributed by atoms with Gasteiger partial charge in [-0.05, 0) is 23.8 Å². The summed E-state index contributed by atoms with van der Waals surface area (Å²) in [5.74, 6) is 0.519. The molecule has 24 heavy (non-hydrogen) atoms. The summed E-state index contributed by atoms with van der Waals surface area (Å²) >= 11 is 0. The summed E-state index contributed by atoms with van der Waals surface area (Å²) in [7, 11) is 0. The van der Waals surface area contributed by atoms with Crippen LogP contribution in [0.3, 0.4) is 0 Å². The predicted octanol–water partition coefficient (Wildman–Crippen LogP) is 2.43. The van der Waals surface area contributed by atoms with Crippen LogP contribution in [-0.4, -0.2) is 36.0 Å². The van der Waals surface area contributed by atoms with Crippen LogP contribution in [0.1, 0.15) is 11.3 Å². The fourth-order valence-electron chi connectivity index (χ4n) is 2.33. The first-order chi connectivity index (χ1) is 11.7. The van der Waals surface area contributed by atoms with E-state index in [4.69, 9.17) is 9.15 Å². The Hall–Kier alpha value is -3.02. The minimum Gasteiger partial charge on any atom is -0.465 e. The lowest BCUT2D eigenvalue weighted by atomic mass is 10.1. The van der Waals surface area contributed by atoms with Crippen LogP contribution in [0.2, 0.25) is 0 Å². The number of amides is 2. The van der Waals surface area contributed by atoms with Crippen molar-refractivity contribution in [1.82, 2.24) is 10.2 Å². The van der Waals surface area contributed by atoms with E-state index in [1.807, 2.05) is 30.3 Å². The molecule has 2 aromatic rings. The summed E-state index contributed by atoms with van der Waals surface area (Å²) in [5.41, 5.74) is 0.932. The standard InChI is InChI=1S/C18H18N2O4/c21-17(9-8-16-7-4-10-23-16)20-11-15(12-20)19-18(22)24-13-14-5-2-1-3-6-14/h1-10,15H,11-13H2,(H,19,22)/b9-8+. The summed E-state index contributed by atoms with van der Waals surface area (Å²) in [4.78, 5) is 25.3. The number of rotatable bonds is 5. The topological polar surface area (TPSA) is 71.8 Å². The average Bonchev–Trinajstić information content (AvgIpc) is 3.08. The van der Waals surface area contributed by atoms with E-state index in [0.717, 1.165) is 5.56 Å². The minimum atomic E-state index is -0.470. The highest BCUT2D eigenvalue weighted by molar-refractivity contribution is 5.92. The molecule has 0 spiro atoms. The van der Waals surface area contributed by atoms with Crippen LogP contribution < -0.4 is 5.32 Å². The smallest absolute Gasteiger partial charge is 0.407 e. The predicted molar refractivity (Wildman–Crippen MR) is 87.9 cm³/mol. The third kappa shape index (κ3) is 4.25. The maximum atomic E-state index is 11.9. The number of benzene rings is 1. The minimum absolute atomic E-state index is 0.0748. The van der Waals surface area contributed by atoms with Crippen molar-refractivity contribution in [3.63, 3.8) is 0 Å². The number of hydrogen-bond acceptors (Lipinski definition) is 4. The molecule has 1 aliphatic rings. The van der Waals surface area contributed by atoms with Gasteiger partial charge in [-0.1, -0.05) is 30.3 Å². The van der Waals surface area contributed by atoms with Crippen LogP contribution in [0.25, 0.3) is 6.08 Å². The fraction of sp³-hybridized carbons (Fsp3) is 0.222. The van der Waals surface area contributed by atoms with Crippen LogP contribution >= 0.6 is 0 Å². The molecule has 0 bridgehead atoms. The van der Waals surface area contributed by atoms with Crippen LogP contribution in [0.15, 0.2) is 59.2 Å². The lowest BCUT2D eigenvalue weighted by Gasteiger charge is -2.38. The molecule has 1 aromatic carbocycles. The van der Waals surface area contributed by atoms with Gasteiger partial charge in [0, 0.05) is 19.2 Å². The van der Waals surface area contributed by atoms with Crippen LogP contribution in [0, 0.1) is 0 Å². The molecule has 2 heterocycles. The monoisotopic (exact) mass is 326 g/mol. The Bertz CT molecular complexity index is 704. The van der Waals surface area contributed by atoms with Gasteiger partial charge in [-0.15, -0.1) is 0 Å². The molecule has 1 aliphatic heterocycles. The highest BCUT2D eigenvalue weighted by Crippen LogP contribution is 2.11. The van der Waals surface area contributed by atoms with Crippen molar-refractivity contribution in [3.05, 3.63) is 66.1 Å². The highest BCUT2D eigenvalue weighted by Gasteiger charge is 2.30. The Morgan fingerprint density at radius 2 is 2.00 bits per heavy atom. The van der Waals surface area contributed by atoms with Crippen molar-refractivity contribution >= 4 is 18.1 Å². The molecule has 0 saturated carbocycles. The maximum absolute atomic E-state index is 11.9. The molecule has 1 fully saturated rings. The highest BCUT2D eigenvalue weighted by atomic mass is 16.5. The molecule has 0 atom stereocenters. The fourth-order valence-corrected chi connectivity index (χ4v) is 2.33. The van der Waals surface area contributed by atoms with Crippen molar-refractivity contribution < 1.29 is 18.7 Å². The first-order valence-electron chi connectivity index (χ1n) is 7.68. The van der Waals surface area contributed by atoms with E-state index in [1.165, 1.54) is 6.08 Å². The maximum Gasteiger partial charge on any atom is 0.407 e. The van der Waals surface area contributed by atoms with Crippen molar-refractivity contribution in [2.75, 3.05) is 13.1 Å². The normalized spacial score (nSPS) is 14.4. The lowest BCUT2D eigenvalue weighted by molar-refractivity contribution is -0.130. The second-order valence-corrected chi connectivity index (χ2v) is 5.49. The first-order valence-corrected chi connectivity index (χ1v) is 7.68. The summed E-state index contributed by atoms with van der Waals surface area (Å²) in [6.07, 6.45) is 4.16. The zero-order chi connectivity index (χ0) is 16.8. The van der Waals surface area contributed by atoms with E-state index >= 15 is 0 Å². The first kappa shape index (κ1) is 15.9. The number of carbonyl (C=O) groups is 2. The molecule has 124 valence electrons. The Morgan fingerprint density at radius 3 is 2.71 bits per heavy atom. The largest absolute Gasteiger partial charge is 0.465 e. The molecular formula is C18H18N2O4. The number of ether oxygens (including phenoxy) is 1. The number of alkyl carbamates (subject to hydrolysis) is 1. The summed E-state index contributed by atoms with van der Waals surface area (Å²) in [6.45, 7) is 1.18. The van der Waals surface area contributed by atoms with Crippen molar-refractivity contribution in [3.8, 4) is 0 Å². The SMILES string of the molecule is O=C(NC1CN(C(=O)/C=C/c2ccco2)C1)OCc1ccccc1. The Balaban J connectivity index is 1.36. The number of likely N-dealkylation sites (tertiary alicyclic amines) is 1. The summed E-state index contributed by atoms with van der Waals surface area (Å²) < 4.78 is 10.3. The molecule has 1 N–H and O–H groups in total. The van der Waals surface area contributed by atoms with Gasteiger partial charge in [-0.2, -0.15) is 0 Å². The Morgan fingerprint density at radius 1 is 1.21 bits per heavy atom. The zero-order valence-electron chi connectivity index (χ0n) is 13.1. The summed E-state index contributed by atoms with van der Waals surface area (Å²) in [5, 5.41) is 2.74. The van der Waals surface area contributed by atoms with Crippen molar-refractivity contribution in [2.24, 2.45) is 0 Å². The van der Waals surface area contributed by atoms with E-state index in [-0.39, 0.29) is 18.6 Å². The van der Waals surface area contributed by atoms with Gasteiger partial charge in [0.15, 0.2) is 0 Å². The molecule has 1 saturated heterocycles. The van der Waals surface area contributed by atoms with Gasteiger partial charge in [0.1, 0.15) is 12.4 Å². The second-order valence-electron chi connectivity index (χ2n) is 5.49. The molecule has 6 heteroatoms. The van der Waals surface area contributed by atoms with Gasteiger partial charge in [0.2, 0.25) is 5.91 Å². The zero-order valence-corrected chi connectivity index (χ0v) is 13.1. The van der Waals surface area contributed by atoms with Gasteiger partial charge in [0.25, 0.3) is 0 Å². The number of carbonyl (C=O) groups excluding carboxylic acids is 2. The Kier molecular flexibility index (Phi) is 4.96. The molecule has 0 aliphatic carbocycles. The third-order valence-electron chi connectivity index (χ3n) is 3.66. The molecule has 0 radical (unpaired) electrons.